The van der Waals surface area contributed by atoms with Gasteiger partial charge in [-0.25, -0.2) is 0 Å². The highest BCUT2D eigenvalue weighted by Gasteiger charge is 2.27. The first-order chi connectivity index (χ1) is 9.72. The van der Waals surface area contributed by atoms with Crippen molar-refractivity contribution in [3.05, 3.63) is 39.6 Å². The summed E-state index contributed by atoms with van der Waals surface area (Å²) in [6.07, 6.45) is 5.66. The maximum atomic E-state index is 12.1. The van der Waals surface area contributed by atoms with Crippen molar-refractivity contribution >= 4 is 17.8 Å². The van der Waals surface area contributed by atoms with E-state index in [0.717, 1.165) is 5.70 Å². The van der Waals surface area contributed by atoms with E-state index in [0.29, 0.717) is 11.4 Å². The Morgan fingerprint density at radius 1 is 1.43 bits per heavy atom. The van der Waals surface area contributed by atoms with Crippen LogP contribution in [0.2, 0.25) is 0 Å². The highest BCUT2D eigenvalue weighted by molar-refractivity contribution is 5.89. The molecular formula is C15H20N4O2. The molecule has 1 aliphatic rings. The van der Waals surface area contributed by atoms with Crippen molar-refractivity contribution in [3.63, 3.8) is 0 Å². The van der Waals surface area contributed by atoms with Gasteiger partial charge in [0.1, 0.15) is 5.82 Å². The molecule has 0 unspecified atom stereocenters. The average molecular weight is 288 g/mol. The highest BCUT2D eigenvalue weighted by Crippen LogP contribution is 2.34. The van der Waals surface area contributed by atoms with Crippen molar-refractivity contribution in [2.24, 2.45) is 12.5 Å². The van der Waals surface area contributed by atoms with E-state index in [9.17, 15) is 9.59 Å². The number of allylic oxidation sites excluding steroid dienone is 1. The Bertz CT molecular complexity index is 727. The Labute approximate surface area is 123 Å². The molecule has 6 nitrogen and oxygen atoms in total. The minimum absolute atomic E-state index is 0.138. The number of nitrogens with zero attached hydrogens (tertiary/aromatic N) is 2. The molecule has 0 radical (unpaired) electrons. The molecule has 1 aromatic heterocycles. The molecule has 0 bridgehead atoms. The van der Waals surface area contributed by atoms with Gasteiger partial charge in [0.2, 0.25) is 5.91 Å². The Balaban J connectivity index is 2.51. The van der Waals surface area contributed by atoms with Crippen LogP contribution in [-0.4, -0.2) is 27.6 Å². The summed E-state index contributed by atoms with van der Waals surface area (Å²) in [5.41, 5.74) is 4.17. The number of aromatic amines is 1. The molecule has 0 spiro atoms. The van der Waals surface area contributed by atoms with E-state index < -0.39 is 0 Å². The number of hydrogen-bond acceptors (Lipinski definition) is 3. The third kappa shape index (κ3) is 2.85. The van der Waals surface area contributed by atoms with Crippen molar-refractivity contribution in [1.29, 1.82) is 0 Å². The Kier molecular flexibility index (Phi) is 3.66. The summed E-state index contributed by atoms with van der Waals surface area (Å²) in [6.45, 7) is 5.55. The van der Waals surface area contributed by atoms with Crippen LogP contribution in [0.5, 0.6) is 0 Å². The number of rotatable bonds is 2. The average Bonchev–Trinajstić information content (AvgIpc) is 2.77. The lowest BCUT2D eigenvalue weighted by Gasteiger charge is -2.20. The molecule has 1 aliphatic heterocycles. The molecule has 0 saturated heterocycles. The van der Waals surface area contributed by atoms with Gasteiger partial charge < -0.3 is 10.2 Å². The number of anilines is 1. The van der Waals surface area contributed by atoms with Crippen LogP contribution in [0.15, 0.2) is 28.5 Å². The van der Waals surface area contributed by atoms with Crippen LogP contribution >= 0.6 is 0 Å². The van der Waals surface area contributed by atoms with E-state index in [1.54, 1.807) is 13.1 Å². The van der Waals surface area contributed by atoms with Gasteiger partial charge in [-0.1, -0.05) is 25.7 Å². The smallest absolute Gasteiger partial charge is 0.276 e. The second-order valence-corrected chi connectivity index (χ2v) is 5.73. The predicted octanol–water partition coefficient (Wildman–Crippen LogP) is 1.65. The predicted molar refractivity (Wildman–Crippen MR) is 82.5 cm³/mol. The van der Waals surface area contributed by atoms with E-state index in [-0.39, 0.29) is 16.9 Å². The minimum atomic E-state index is -0.237. The Morgan fingerprint density at radius 2 is 2.10 bits per heavy atom. The van der Waals surface area contributed by atoms with Gasteiger partial charge >= 0.3 is 0 Å². The molecule has 0 saturated carbocycles. The van der Waals surface area contributed by atoms with Crippen molar-refractivity contribution in [1.82, 2.24) is 14.7 Å². The molecule has 1 amide bonds. The number of amides is 1. The van der Waals surface area contributed by atoms with E-state index in [1.165, 1.54) is 11.6 Å². The first-order valence-electron chi connectivity index (χ1n) is 6.68. The van der Waals surface area contributed by atoms with E-state index in [2.05, 4.69) is 36.1 Å². The lowest BCUT2D eigenvalue weighted by molar-refractivity contribution is -0.114. The molecule has 112 valence electrons. The summed E-state index contributed by atoms with van der Waals surface area (Å²) in [5, 5.41) is 5.43. The van der Waals surface area contributed by atoms with E-state index in [4.69, 9.17) is 0 Å². The molecule has 6 heteroatoms. The molecule has 2 N–H and O–H groups in total. The molecule has 0 fully saturated rings. The second kappa shape index (κ2) is 5.14. The van der Waals surface area contributed by atoms with Crippen LogP contribution in [-0.2, 0) is 11.8 Å². The minimum Gasteiger partial charge on any atom is -0.348 e. The molecule has 0 atom stereocenters. The van der Waals surface area contributed by atoms with Crippen molar-refractivity contribution in [2.75, 3.05) is 12.4 Å². The van der Waals surface area contributed by atoms with Gasteiger partial charge in [-0.05, 0) is 6.08 Å². The van der Waals surface area contributed by atoms with Crippen molar-refractivity contribution in [2.45, 2.75) is 20.8 Å². The summed E-state index contributed by atoms with van der Waals surface area (Å²) in [7, 11) is 3.54. The summed E-state index contributed by atoms with van der Waals surface area (Å²) in [4.78, 5) is 25.3. The molecule has 0 aromatic carbocycles. The number of carbonyl (C=O) groups is 1. The Morgan fingerprint density at radius 3 is 2.62 bits per heavy atom. The van der Waals surface area contributed by atoms with Gasteiger partial charge in [0.25, 0.3) is 5.56 Å². The molecular weight excluding hydrogens is 268 g/mol. The number of H-pyrrole nitrogens is 1. The van der Waals surface area contributed by atoms with E-state index in [1.807, 2.05) is 18.1 Å². The van der Waals surface area contributed by atoms with Crippen LogP contribution in [0.1, 0.15) is 26.3 Å². The second-order valence-electron chi connectivity index (χ2n) is 5.73. The van der Waals surface area contributed by atoms with Crippen molar-refractivity contribution < 1.29 is 4.79 Å². The van der Waals surface area contributed by atoms with Gasteiger partial charge in [-0.15, -0.1) is 0 Å². The molecule has 2 heterocycles. The molecule has 0 aliphatic carbocycles. The first-order valence-corrected chi connectivity index (χ1v) is 6.68. The maximum absolute atomic E-state index is 12.1. The number of nitrogens with one attached hydrogen (secondary N) is 2. The monoisotopic (exact) mass is 288 g/mol. The summed E-state index contributed by atoms with van der Waals surface area (Å²) in [6, 6.07) is 0. The third-order valence-corrected chi connectivity index (χ3v) is 3.42. The van der Waals surface area contributed by atoms with Crippen LogP contribution in [0.3, 0.4) is 0 Å². The lowest BCUT2D eigenvalue weighted by atomic mass is 9.91. The maximum Gasteiger partial charge on any atom is 0.276 e. The summed E-state index contributed by atoms with van der Waals surface area (Å²) < 4.78 is 1.32. The zero-order valence-corrected chi connectivity index (χ0v) is 12.9. The number of carbonyl (C=O) groups excluding carboxylic acids is 1. The zero-order chi connectivity index (χ0) is 15.8. The van der Waals surface area contributed by atoms with Gasteiger partial charge in [-0.2, -0.15) is 0 Å². The highest BCUT2D eigenvalue weighted by atomic mass is 16.2. The molecule has 21 heavy (non-hydrogen) atoms. The summed E-state index contributed by atoms with van der Waals surface area (Å²) in [5.74, 6) is 0.147. The molecule has 2 rings (SSSR count). The fourth-order valence-corrected chi connectivity index (χ4v) is 2.31. The fraction of sp³-hybridized carbons (Fsp3) is 0.400. The Hall–Kier alpha value is -2.46. The van der Waals surface area contributed by atoms with Crippen molar-refractivity contribution in [3.8, 4) is 0 Å². The van der Waals surface area contributed by atoms with Crippen LogP contribution in [0, 0.1) is 5.41 Å². The largest absolute Gasteiger partial charge is 0.348 e. The number of aromatic nitrogens is 2. The SMILES string of the molecule is CC(=O)Nc1[nH]n(C)c(=O)c1C=C=C1N(C)C=CC1(C)C. The van der Waals surface area contributed by atoms with Crippen LogP contribution < -0.4 is 10.9 Å². The lowest BCUT2D eigenvalue weighted by Crippen LogP contribution is -2.16. The van der Waals surface area contributed by atoms with Gasteiger partial charge in [-0.3, -0.25) is 19.4 Å². The van der Waals surface area contributed by atoms with Crippen LogP contribution in [0.4, 0.5) is 5.82 Å². The van der Waals surface area contributed by atoms with Gasteiger partial charge in [0.15, 0.2) is 0 Å². The topological polar surface area (TPSA) is 70.1 Å². The number of hydrogen-bond donors (Lipinski definition) is 2. The third-order valence-electron chi connectivity index (χ3n) is 3.42. The standard InChI is InChI=1S/C15H20N4O2/c1-10(20)16-13-11(14(21)19(5)17-13)6-7-12-15(2,3)8-9-18(12)4/h6,8-9,17H,1-5H3,(H,16,20). The van der Waals surface area contributed by atoms with E-state index >= 15 is 0 Å². The number of aryl methyl sites for hydroxylation is 1. The van der Waals surface area contributed by atoms with Gasteiger partial charge in [0, 0.05) is 32.6 Å². The fourth-order valence-electron chi connectivity index (χ4n) is 2.31. The van der Waals surface area contributed by atoms with Crippen LogP contribution in [0.25, 0.3) is 6.08 Å². The summed E-state index contributed by atoms with van der Waals surface area (Å²) >= 11 is 0. The normalized spacial score (nSPS) is 16.0. The van der Waals surface area contributed by atoms with Gasteiger partial charge in [0.05, 0.1) is 11.3 Å². The zero-order valence-electron chi connectivity index (χ0n) is 12.9. The quantitative estimate of drug-likeness (QED) is 0.813. The molecule has 1 aromatic rings. The first kappa shape index (κ1) is 14.9.